The molecule has 0 aliphatic heterocycles. The van der Waals surface area contributed by atoms with Gasteiger partial charge in [-0.05, 0) is 62.1 Å². The number of nitrogens with one attached hydrogen (secondary N) is 1. The van der Waals surface area contributed by atoms with Gasteiger partial charge in [0.1, 0.15) is 5.82 Å². The summed E-state index contributed by atoms with van der Waals surface area (Å²) in [5.74, 6) is -2.01. The third-order valence-corrected chi connectivity index (χ3v) is 7.67. The number of carbonyl (C=O) groups is 1. The second-order valence-electron chi connectivity index (χ2n) is 10.6. The highest BCUT2D eigenvalue weighted by atomic mass is 19.4. The lowest BCUT2D eigenvalue weighted by Gasteiger charge is -2.22. The first-order valence-corrected chi connectivity index (χ1v) is 14.1. The van der Waals surface area contributed by atoms with E-state index >= 15 is 0 Å². The number of benzene rings is 3. The molecule has 0 amide bonds. The van der Waals surface area contributed by atoms with Crippen molar-refractivity contribution in [1.29, 1.82) is 0 Å². The van der Waals surface area contributed by atoms with Crippen LogP contribution in [0.2, 0.25) is 0 Å². The van der Waals surface area contributed by atoms with Gasteiger partial charge in [0, 0.05) is 17.7 Å². The Bertz CT molecular complexity index is 1750. The number of nitrogens with zero attached hydrogens (tertiary/aromatic N) is 2. The Morgan fingerprint density at radius 1 is 0.955 bits per heavy atom. The van der Waals surface area contributed by atoms with E-state index in [4.69, 9.17) is 5.11 Å². The van der Waals surface area contributed by atoms with Crippen LogP contribution in [-0.2, 0) is 30.5 Å². The predicted molar refractivity (Wildman–Crippen MR) is 159 cm³/mol. The van der Waals surface area contributed by atoms with Crippen LogP contribution < -0.4 is 16.6 Å². The van der Waals surface area contributed by atoms with E-state index in [0.717, 1.165) is 38.5 Å². The average Bonchev–Trinajstić information content (AvgIpc) is 2.98. The van der Waals surface area contributed by atoms with E-state index in [0.29, 0.717) is 24.8 Å². The zero-order valence-electron chi connectivity index (χ0n) is 24.3. The van der Waals surface area contributed by atoms with Crippen molar-refractivity contribution in [2.24, 2.45) is 0 Å². The van der Waals surface area contributed by atoms with Crippen LogP contribution in [0.3, 0.4) is 0 Å². The number of aliphatic carboxylic acids is 1. The molecule has 232 valence electrons. The molecule has 7 nitrogen and oxygen atoms in total. The summed E-state index contributed by atoms with van der Waals surface area (Å²) in [7, 11) is 1.67. The van der Waals surface area contributed by atoms with Crippen molar-refractivity contribution in [1.82, 2.24) is 14.5 Å². The van der Waals surface area contributed by atoms with Gasteiger partial charge in [-0.2, -0.15) is 13.2 Å². The number of unbranched alkanes of at least 4 members (excludes halogenated alkanes) is 1. The maximum Gasteiger partial charge on any atom is 0.416 e. The molecule has 0 radical (unpaired) electrons. The Balaban J connectivity index is 1.89. The largest absolute Gasteiger partial charge is 0.481 e. The minimum atomic E-state index is -4.87. The summed E-state index contributed by atoms with van der Waals surface area (Å²) < 4.78 is 58.6. The van der Waals surface area contributed by atoms with Crippen LogP contribution in [0.25, 0.3) is 11.1 Å². The summed E-state index contributed by atoms with van der Waals surface area (Å²) in [4.78, 5) is 38.8. The van der Waals surface area contributed by atoms with Crippen LogP contribution in [0.1, 0.15) is 53.3 Å². The number of carboxylic acid groups (broad SMARTS) is 1. The summed E-state index contributed by atoms with van der Waals surface area (Å²) >= 11 is 0. The molecule has 0 fully saturated rings. The van der Waals surface area contributed by atoms with Crippen LogP contribution in [0.15, 0.2) is 82.4 Å². The highest BCUT2D eigenvalue weighted by molar-refractivity contribution is 5.67. The van der Waals surface area contributed by atoms with Crippen LogP contribution in [0, 0.1) is 12.7 Å². The first-order chi connectivity index (χ1) is 20.9. The van der Waals surface area contributed by atoms with Crippen molar-refractivity contribution in [3.05, 3.63) is 127 Å². The van der Waals surface area contributed by atoms with Crippen molar-refractivity contribution in [3.8, 4) is 11.1 Å². The molecule has 1 aromatic heterocycles. The van der Waals surface area contributed by atoms with Gasteiger partial charge in [0.15, 0.2) is 0 Å². The third-order valence-electron chi connectivity index (χ3n) is 7.67. The zero-order valence-corrected chi connectivity index (χ0v) is 24.3. The van der Waals surface area contributed by atoms with E-state index in [2.05, 4.69) is 5.32 Å². The van der Waals surface area contributed by atoms with Crippen molar-refractivity contribution >= 4 is 5.97 Å². The Kier molecular flexibility index (Phi) is 10.2. The third kappa shape index (κ3) is 7.34. The average molecular weight is 612 g/mol. The normalized spacial score (nSPS) is 12.3. The number of aryl methyl sites for hydroxylation is 1. The quantitative estimate of drug-likeness (QED) is 0.153. The molecule has 0 saturated carbocycles. The number of halogens is 4. The Morgan fingerprint density at radius 3 is 2.32 bits per heavy atom. The summed E-state index contributed by atoms with van der Waals surface area (Å²) in [5.41, 5.74) is -1.17. The SMILES string of the molecule is CN[C@@H](Cn1c(=O)c(-c2cccc(CCCCC(=O)O)c2)c(C)n(Cc2c(F)cccc2C(F)(F)F)c1=O)c1ccccc1. The van der Waals surface area contributed by atoms with Gasteiger partial charge >= 0.3 is 17.8 Å². The van der Waals surface area contributed by atoms with Gasteiger partial charge in [0.25, 0.3) is 5.56 Å². The van der Waals surface area contributed by atoms with Crippen molar-refractivity contribution < 1.29 is 27.5 Å². The van der Waals surface area contributed by atoms with Crippen LogP contribution >= 0.6 is 0 Å². The number of likely N-dealkylation sites (N-methyl/N-ethyl adjacent to an activating group) is 1. The van der Waals surface area contributed by atoms with Gasteiger partial charge < -0.3 is 10.4 Å². The highest BCUT2D eigenvalue weighted by Crippen LogP contribution is 2.34. The van der Waals surface area contributed by atoms with Crippen molar-refractivity contribution in [2.45, 2.75) is 57.9 Å². The van der Waals surface area contributed by atoms with E-state index in [9.17, 15) is 31.9 Å². The summed E-state index contributed by atoms with van der Waals surface area (Å²) in [5, 5.41) is 12.0. The first kappa shape index (κ1) is 32.4. The van der Waals surface area contributed by atoms with Crippen molar-refractivity contribution in [3.63, 3.8) is 0 Å². The van der Waals surface area contributed by atoms with E-state index in [1.807, 2.05) is 24.3 Å². The number of carboxylic acids is 1. The molecule has 0 aliphatic rings. The minimum Gasteiger partial charge on any atom is -0.481 e. The van der Waals surface area contributed by atoms with Gasteiger partial charge in [-0.25, -0.2) is 9.18 Å². The van der Waals surface area contributed by atoms with Gasteiger partial charge in [-0.1, -0.05) is 60.7 Å². The second kappa shape index (κ2) is 13.9. The molecule has 2 N–H and O–H groups in total. The smallest absolute Gasteiger partial charge is 0.416 e. The van der Waals surface area contributed by atoms with Gasteiger partial charge in [0.2, 0.25) is 0 Å². The van der Waals surface area contributed by atoms with Crippen LogP contribution in [-0.4, -0.2) is 27.3 Å². The van der Waals surface area contributed by atoms with Crippen molar-refractivity contribution in [2.75, 3.05) is 7.05 Å². The molecule has 0 bridgehead atoms. The maximum atomic E-state index is 14.9. The number of alkyl halides is 3. The summed E-state index contributed by atoms with van der Waals surface area (Å²) in [6, 6.07) is 18.2. The van der Waals surface area contributed by atoms with E-state index in [1.54, 1.807) is 37.4 Å². The minimum absolute atomic E-state index is 0.0263. The topological polar surface area (TPSA) is 93.3 Å². The molecule has 11 heteroatoms. The first-order valence-electron chi connectivity index (χ1n) is 14.1. The van der Waals surface area contributed by atoms with Crippen LogP contribution in [0.5, 0.6) is 0 Å². The lowest BCUT2D eigenvalue weighted by molar-refractivity contribution is -0.138. The maximum absolute atomic E-state index is 14.9. The fraction of sp³-hybridized carbons (Fsp3) is 0.303. The van der Waals surface area contributed by atoms with E-state index in [1.165, 1.54) is 6.92 Å². The molecule has 4 rings (SSSR count). The number of hydrogen-bond donors (Lipinski definition) is 2. The Labute approximate surface area is 251 Å². The molecule has 1 heterocycles. The molecule has 0 aliphatic carbocycles. The standard InChI is InChI=1S/C33H33F4N3O4/c1-21-30(24-14-8-11-22(18-24)10-6-7-17-29(41)42)31(43)40(20-28(38-2)23-12-4-3-5-13-23)32(44)39(21)19-25-26(33(35,36)37)15-9-16-27(25)34/h3-5,8-9,11-16,18,28,38H,6-7,10,17,19-20H2,1-2H3,(H,41,42)/t28-/m0/s1. The molecular weight excluding hydrogens is 578 g/mol. The van der Waals surface area contributed by atoms with Gasteiger partial charge in [0.05, 0.1) is 30.3 Å². The number of aromatic nitrogens is 2. The van der Waals surface area contributed by atoms with E-state index < -0.39 is 52.9 Å². The highest BCUT2D eigenvalue weighted by Gasteiger charge is 2.35. The molecule has 4 aromatic rings. The predicted octanol–water partition coefficient (Wildman–Crippen LogP) is 5.95. The number of hydrogen-bond acceptors (Lipinski definition) is 4. The van der Waals surface area contributed by atoms with Gasteiger partial charge in [-0.3, -0.25) is 18.7 Å². The Hall–Kier alpha value is -4.51. The molecule has 0 spiro atoms. The lowest BCUT2D eigenvalue weighted by Crippen LogP contribution is -2.44. The molecule has 44 heavy (non-hydrogen) atoms. The molecule has 1 atom stereocenters. The molecular formula is C33H33F4N3O4. The number of rotatable bonds is 12. The molecule has 0 saturated heterocycles. The summed E-state index contributed by atoms with van der Waals surface area (Å²) in [6.45, 7) is 0.580. The van der Waals surface area contributed by atoms with Crippen LogP contribution in [0.4, 0.5) is 17.6 Å². The van der Waals surface area contributed by atoms with E-state index in [-0.39, 0.29) is 24.2 Å². The lowest BCUT2D eigenvalue weighted by atomic mass is 9.99. The fourth-order valence-electron chi connectivity index (χ4n) is 5.34. The second-order valence-corrected chi connectivity index (χ2v) is 10.6. The Morgan fingerprint density at radius 2 is 1.66 bits per heavy atom. The molecule has 0 unspecified atom stereocenters. The summed E-state index contributed by atoms with van der Waals surface area (Å²) in [6.07, 6.45) is -3.25. The van der Waals surface area contributed by atoms with Gasteiger partial charge in [-0.15, -0.1) is 0 Å². The fourth-order valence-corrected chi connectivity index (χ4v) is 5.34. The molecule has 3 aromatic carbocycles. The monoisotopic (exact) mass is 611 g/mol. The zero-order chi connectivity index (χ0) is 32.0.